The van der Waals surface area contributed by atoms with Gasteiger partial charge in [0.2, 0.25) is 0 Å². The van der Waals surface area contributed by atoms with Crippen molar-refractivity contribution in [2.45, 2.75) is 58.4 Å². The van der Waals surface area contributed by atoms with Crippen LogP contribution in [0.5, 0.6) is 0 Å². The molecule has 0 saturated heterocycles. The van der Waals surface area contributed by atoms with Gasteiger partial charge in [0.25, 0.3) is 0 Å². The first-order valence-corrected chi connectivity index (χ1v) is 11.9. The number of allylic oxidation sites excluding steroid dienone is 3. The molecule has 1 unspecified atom stereocenters. The van der Waals surface area contributed by atoms with Gasteiger partial charge >= 0.3 is 0 Å². The zero-order chi connectivity index (χ0) is 22.6. The van der Waals surface area contributed by atoms with Crippen LogP contribution >= 0.6 is 23.2 Å². The summed E-state index contributed by atoms with van der Waals surface area (Å²) in [6, 6.07) is 12.8. The van der Waals surface area contributed by atoms with Gasteiger partial charge in [-0.15, -0.1) is 0 Å². The third-order valence-corrected chi connectivity index (χ3v) is 7.57. The van der Waals surface area contributed by atoms with Crippen LogP contribution in [0, 0.1) is 0 Å². The summed E-state index contributed by atoms with van der Waals surface area (Å²) >= 11 is 12.7. The topological polar surface area (TPSA) is 6.48 Å². The average Bonchev–Trinajstić information content (AvgIpc) is 3.06. The van der Waals surface area contributed by atoms with Crippen LogP contribution in [0.4, 0.5) is 11.4 Å². The molecule has 0 fully saturated rings. The number of anilines is 2. The van der Waals surface area contributed by atoms with Crippen molar-refractivity contribution in [2.75, 3.05) is 22.9 Å². The zero-order valence-corrected chi connectivity index (χ0v) is 20.8. The SMILES string of the molecule is CCN1/C(=C\C=C\C2N(CC)c3ccc(Cl)cc3C2(C)C)C(C)(C)c2cc(Cl)ccc21. The molecule has 4 rings (SSSR count). The molecule has 2 heterocycles. The predicted molar refractivity (Wildman–Crippen MR) is 136 cm³/mol. The summed E-state index contributed by atoms with van der Waals surface area (Å²) in [6.45, 7) is 15.5. The van der Waals surface area contributed by atoms with E-state index in [2.05, 4.69) is 93.8 Å². The van der Waals surface area contributed by atoms with E-state index in [1.165, 1.54) is 28.2 Å². The lowest BCUT2D eigenvalue weighted by Crippen LogP contribution is -2.39. The van der Waals surface area contributed by atoms with E-state index in [-0.39, 0.29) is 16.9 Å². The maximum atomic E-state index is 6.34. The number of hydrogen-bond acceptors (Lipinski definition) is 2. The minimum Gasteiger partial charge on any atom is -0.364 e. The van der Waals surface area contributed by atoms with Crippen LogP contribution in [0.1, 0.15) is 52.7 Å². The van der Waals surface area contributed by atoms with Crippen molar-refractivity contribution in [2.24, 2.45) is 0 Å². The Hall–Kier alpha value is -1.90. The van der Waals surface area contributed by atoms with E-state index < -0.39 is 0 Å². The quantitative estimate of drug-likeness (QED) is 0.465. The molecule has 0 aliphatic carbocycles. The van der Waals surface area contributed by atoms with Crippen LogP contribution in [-0.2, 0) is 10.8 Å². The van der Waals surface area contributed by atoms with Crippen LogP contribution in [0.25, 0.3) is 0 Å². The summed E-state index contributed by atoms with van der Waals surface area (Å²) in [5, 5.41) is 1.60. The van der Waals surface area contributed by atoms with Crippen molar-refractivity contribution in [3.8, 4) is 0 Å². The summed E-state index contributed by atoms with van der Waals surface area (Å²) in [4.78, 5) is 4.88. The molecular weight excluding hydrogens is 423 g/mol. The van der Waals surface area contributed by atoms with Crippen molar-refractivity contribution in [1.29, 1.82) is 0 Å². The number of fused-ring (bicyclic) bond motifs is 2. The van der Waals surface area contributed by atoms with E-state index in [1.54, 1.807) is 0 Å². The summed E-state index contributed by atoms with van der Waals surface area (Å²) in [5.74, 6) is 0. The molecule has 2 aromatic rings. The molecule has 2 aromatic carbocycles. The van der Waals surface area contributed by atoms with Gasteiger partial charge in [-0.1, -0.05) is 63.0 Å². The minimum atomic E-state index is -0.0906. The fraction of sp³-hybridized carbons (Fsp3) is 0.407. The fourth-order valence-corrected chi connectivity index (χ4v) is 5.77. The van der Waals surface area contributed by atoms with E-state index in [9.17, 15) is 0 Å². The third-order valence-electron chi connectivity index (χ3n) is 7.10. The first-order chi connectivity index (χ1) is 14.6. The van der Waals surface area contributed by atoms with Crippen LogP contribution in [0.15, 0.2) is 60.3 Å². The van der Waals surface area contributed by atoms with Gasteiger partial charge in [0.05, 0.1) is 6.04 Å². The highest BCUT2D eigenvalue weighted by Gasteiger charge is 2.43. The smallest absolute Gasteiger partial charge is 0.0568 e. The second-order valence-corrected chi connectivity index (χ2v) is 10.5. The lowest BCUT2D eigenvalue weighted by molar-refractivity contribution is 0.478. The highest BCUT2D eigenvalue weighted by atomic mass is 35.5. The molecular formula is C27H32Cl2N2. The molecule has 0 radical (unpaired) electrons. The summed E-state index contributed by atoms with van der Waals surface area (Å²) in [7, 11) is 0. The van der Waals surface area contributed by atoms with Crippen LogP contribution in [0.2, 0.25) is 10.0 Å². The number of benzene rings is 2. The number of halogens is 2. The summed E-state index contributed by atoms with van der Waals surface area (Å²) < 4.78 is 0. The minimum absolute atomic E-state index is 0.0165. The van der Waals surface area contributed by atoms with Gasteiger partial charge < -0.3 is 9.80 Å². The molecule has 2 aliphatic rings. The summed E-state index contributed by atoms with van der Waals surface area (Å²) in [5.41, 5.74) is 6.36. The Morgan fingerprint density at radius 3 is 2.10 bits per heavy atom. The van der Waals surface area contributed by atoms with Crippen molar-refractivity contribution < 1.29 is 0 Å². The lowest BCUT2D eigenvalue weighted by atomic mass is 9.80. The van der Waals surface area contributed by atoms with Crippen molar-refractivity contribution in [1.82, 2.24) is 0 Å². The highest BCUT2D eigenvalue weighted by Crippen LogP contribution is 2.49. The molecule has 0 N–H and O–H groups in total. The van der Waals surface area contributed by atoms with Gasteiger partial charge in [-0.05, 0) is 67.4 Å². The van der Waals surface area contributed by atoms with Crippen molar-refractivity contribution in [3.63, 3.8) is 0 Å². The Morgan fingerprint density at radius 1 is 0.871 bits per heavy atom. The van der Waals surface area contributed by atoms with E-state index in [0.29, 0.717) is 0 Å². The molecule has 164 valence electrons. The van der Waals surface area contributed by atoms with Gasteiger partial charge in [0, 0.05) is 51.0 Å². The Morgan fingerprint density at radius 2 is 1.48 bits per heavy atom. The average molecular weight is 455 g/mol. The van der Waals surface area contributed by atoms with Crippen molar-refractivity contribution >= 4 is 34.6 Å². The lowest BCUT2D eigenvalue weighted by Gasteiger charge is -2.31. The molecule has 4 heteroatoms. The molecule has 0 saturated carbocycles. The number of likely N-dealkylation sites (N-methyl/N-ethyl adjacent to an activating group) is 2. The van der Waals surface area contributed by atoms with Crippen LogP contribution < -0.4 is 9.80 Å². The number of hydrogen-bond donors (Lipinski definition) is 0. The normalized spacial score (nSPS) is 22.5. The maximum absolute atomic E-state index is 6.34. The highest BCUT2D eigenvalue weighted by molar-refractivity contribution is 6.31. The first kappa shape index (κ1) is 22.3. The Kier molecular flexibility index (Phi) is 5.69. The van der Waals surface area contributed by atoms with E-state index in [1.807, 2.05) is 12.1 Å². The molecule has 0 amide bonds. The van der Waals surface area contributed by atoms with Crippen molar-refractivity contribution in [3.05, 3.63) is 81.5 Å². The standard InChI is InChI=1S/C27H32Cl2N2/c1-7-30-22-14-12-18(28)16-20(22)26(3,4)24(30)10-9-11-25-27(5,6)21-17-19(29)13-15-23(21)31(25)8-2/h9-17,24H,7-8H2,1-6H3/b10-9+,25-11-. The fourth-order valence-electron chi connectivity index (χ4n) is 5.43. The first-order valence-electron chi connectivity index (χ1n) is 11.2. The second kappa shape index (κ2) is 7.90. The van der Waals surface area contributed by atoms with Gasteiger partial charge in [-0.2, -0.15) is 0 Å². The molecule has 0 bridgehead atoms. The van der Waals surface area contributed by atoms with Crippen LogP contribution in [-0.4, -0.2) is 19.1 Å². The molecule has 0 spiro atoms. The zero-order valence-electron chi connectivity index (χ0n) is 19.3. The van der Waals surface area contributed by atoms with E-state index in [4.69, 9.17) is 23.2 Å². The third kappa shape index (κ3) is 3.49. The number of nitrogens with zero attached hydrogens (tertiary/aromatic N) is 2. The van der Waals surface area contributed by atoms with Gasteiger partial charge in [0.1, 0.15) is 0 Å². The molecule has 2 aliphatic heterocycles. The molecule has 1 atom stereocenters. The van der Waals surface area contributed by atoms with E-state index in [0.717, 1.165) is 23.1 Å². The predicted octanol–water partition coefficient (Wildman–Crippen LogP) is 7.74. The van der Waals surface area contributed by atoms with E-state index >= 15 is 0 Å². The van der Waals surface area contributed by atoms with Crippen LogP contribution in [0.3, 0.4) is 0 Å². The largest absolute Gasteiger partial charge is 0.364 e. The molecule has 2 nitrogen and oxygen atoms in total. The second-order valence-electron chi connectivity index (χ2n) is 9.58. The Balaban J connectivity index is 1.70. The monoisotopic (exact) mass is 454 g/mol. The molecule has 0 aromatic heterocycles. The van der Waals surface area contributed by atoms with Gasteiger partial charge in [0.15, 0.2) is 0 Å². The number of rotatable bonds is 4. The van der Waals surface area contributed by atoms with Gasteiger partial charge in [-0.25, -0.2) is 0 Å². The summed E-state index contributed by atoms with van der Waals surface area (Å²) in [6.07, 6.45) is 6.89. The molecule has 31 heavy (non-hydrogen) atoms. The Labute approximate surface area is 197 Å². The maximum Gasteiger partial charge on any atom is 0.0568 e. The van der Waals surface area contributed by atoms with Gasteiger partial charge in [-0.3, -0.25) is 0 Å². The Bertz CT molecular complexity index is 1060.